The smallest absolute Gasteiger partial charge is 0.311 e. The fraction of sp³-hybridized carbons (Fsp3) is 0.583. The highest BCUT2D eigenvalue weighted by molar-refractivity contribution is 9.10. The van der Waals surface area contributed by atoms with Gasteiger partial charge >= 0.3 is 5.69 Å². The van der Waals surface area contributed by atoms with Crippen LogP contribution in [0.4, 0.5) is 11.4 Å². The van der Waals surface area contributed by atoms with Gasteiger partial charge in [0.2, 0.25) is 0 Å². The minimum absolute atomic E-state index is 0.0223. The largest absolute Gasteiger partial charge is 0.376 e. The van der Waals surface area contributed by atoms with E-state index in [1.165, 1.54) is 6.20 Å². The van der Waals surface area contributed by atoms with Crippen molar-refractivity contribution >= 4 is 27.3 Å². The Labute approximate surface area is 114 Å². The van der Waals surface area contributed by atoms with Gasteiger partial charge in [0.15, 0.2) is 0 Å². The minimum atomic E-state index is -0.403. The molecule has 0 aromatic carbocycles. The first-order valence-corrected chi connectivity index (χ1v) is 6.73. The van der Waals surface area contributed by atoms with Gasteiger partial charge in [-0.2, -0.15) is 0 Å². The first kappa shape index (κ1) is 13.3. The lowest BCUT2D eigenvalue weighted by Gasteiger charge is -2.19. The second-order valence-corrected chi connectivity index (χ2v) is 6.38. The highest BCUT2D eigenvalue weighted by atomic mass is 79.9. The highest BCUT2D eigenvalue weighted by Crippen LogP contribution is 2.40. The molecule has 1 atom stereocenters. The number of aromatic nitrogens is 1. The number of rotatable bonds is 3. The Balaban J connectivity index is 2.21. The molecule has 5 nitrogen and oxygen atoms in total. The summed E-state index contributed by atoms with van der Waals surface area (Å²) in [6.07, 6.45) is 6.07. The van der Waals surface area contributed by atoms with E-state index in [2.05, 4.69) is 40.1 Å². The molecule has 1 aromatic rings. The second-order valence-electron chi connectivity index (χ2n) is 5.52. The van der Waals surface area contributed by atoms with Gasteiger partial charge in [-0.1, -0.05) is 13.8 Å². The van der Waals surface area contributed by atoms with Crippen molar-refractivity contribution in [3.8, 4) is 0 Å². The first-order valence-electron chi connectivity index (χ1n) is 5.93. The lowest BCUT2D eigenvalue weighted by molar-refractivity contribution is -0.384. The Morgan fingerprint density at radius 3 is 2.83 bits per heavy atom. The Morgan fingerprint density at radius 1 is 1.56 bits per heavy atom. The Morgan fingerprint density at radius 2 is 2.28 bits per heavy atom. The van der Waals surface area contributed by atoms with Crippen LogP contribution in [0.25, 0.3) is 0 Å². The SMILES string of the molecule is CC1(C)CCC(Nc2c(Br)cncc2[N+](=O)[O-])C1. The molecule has 0 radical (unpaired) electrons. The van der Waals surface area contributed by atoms with E-state index >= 15 is 0 Å². The average Bonchev–Trinajstić information content (AvgIpc) is 2.61. The van der Waals surface area contributed by atoms with Crippen molar-refractivity contribution in [3.05, 3.63) is 27.0 Å². The van der Waals surface area contributed by atoms with Gasteiger partial charge in [0.25, 0.3) is 0 Å². The number of hydrogen-bond donors (Lipinski definition) is 1. The number of nitro groups is 1. The number of nitrogens with one attached hydrogen (secondary N) is 1. The summed E-state index contributed by atoms with van der Waals surface area (Å²) in [4.78, 5) is 14.4. The zero-order chi connectivity index (χ0) is 13.3. The number of nitrogens with zero attached hydrogens (tertiary/aromatic N) is 2. The van der Waals surface area contributed by atoms with Gasteiger partial charge in [-0.15, -0.1) is 0 Å². The van der Waals surface area contributed by atoms with E-state index in [4.69, 9.17) is 0 Å². The Bertz CT molecular complexity index is 476. The molecule has 98 valence electrons. The topological polar surface area (TPSA) is 68.1 Å². The molecule has 0 spiro atoms. The van der Waals surface area contributed by atoms with Crippen molar-refractivity contribution in [2.75, 3.05) is 5.32 Å². The third-order valence-electron chi connectivity index (χ3n) is 3.39. The fourth-order valence-corrected chi connectivity index (χ4v) is 2.91. The zero-order valence-electron chi connectivity index (χ0n) is 10.4. The molecule has 0 aliphatic heterocycles. The molecule has 1 N–H and O–H groups in total. The van der Waals surface area contributed by atoms with E-state index < -0.39 is 4.92 Å². The van der Waals surface area contributed by atoms with Crippen molar-refractivity contribution < 1.29 is 4.92 Å². The van der Waals surface area contributed by atoms with E-state index in [9.17, 15) is 10.1 Å². The van der Waals surface area contributed by atoms with Crippen LogP contribution in [0.2, 0.25) is 0 Å². The summed E-state index contributed by atoms with van der Waals surface area (Å²) in [7, 11) is 0. The van der Waals surface area contributed by atoms with Crippen LogP contribution in [0.1, 0.15) is 33.1 Å². The third-order valence-corrected chi connectivity index (χ3v) is 3.99. The molecule has 1 aliphatic carbocycles. The second kappa shape index (κ2) is 4.84. The van der Waals surface area contributed by atoms with Crippen molar-refractivity contribution in [1.82, 2.24) is 4.98 Å². The van der Waals surface area contributed by atoms with Crippen LogP contribution < -0.4 is 5.32 Å². The molecule has 2 rings (SSSR count). The predicted molar refractivity (Wildman–Crippen MR) is 73.6 cm³/mol. The van der Waals surface area contributed by atoms with E-state index in [0.717, 1.165) is 19.3 Å². The quantitative estimate of drug-likeness (QED) is 0.681. The highest BCUT2D eigenvalue weighted by Gasteiger charge is 2.32. The molecule has 1 fully saturated rings. The summed E-state index contributed by atoms with van der Waals surface area (Å²) < 4.78 is 0.640. The molecule has 1 saturated carbocycles. The van der Waals surface area contributed by atoms with Crippen LogP contribution in [0, 0.1) is 15.5 Å². The van der Waals surface area contributed by atoms with Gasteiger partial charge in [-0.05, 0) is 40.6 Å². The summed E-state index contributed by atoms with van der Waals surface area (Å²) >= 11 is 3.32. The van der Waals surface area contributed by atoms with Crippen LogP contribution in [0.5, 0.6) is 0 Å². The van der Waals surface area contributed by atoms with Gasteiger partial charge in [0, 0.05) is 12.2 Å². The lowest BCUT2D eigenvalue weighted by Crippen LogP contribution is -2.18. The molecule has 1 aromatic heterocycles. The van der Waals surface area contributed by atoms with Crippen molar-refractivity contribution in [2.24, 2.45) is 5.41 Å². The summed E-state index contributed by atoms with van der Waals surface area (Å²) in [5, 5.41) is 14.3. The number of pyridine rings is 1. The van der Waals surface area contributed by atoms with Crippen LogP contribution in [-0.4, -0.2) is 15.9 Å². The molecule has 1 unspecified atom stereocenters. The molecule has 18 heavy (non-hydrogen) atoms. The van der Waals surface area contributed by atoms with E-state index in [-0.39, 0.29) is 11.7 Å². The van der Waals surface area contributed by atoms with Crippen molar-refractivity contribution in [3.63, 3.8) is 0 Å². The fourth-order valence-electron chi connectivity index (χ4n) is 2.47. The van der Waals surface area contributed by atoms with Gasteiger partial charge in [-0.3, -0.25) is 15.1 Å². The third kappa shape index (κ3) is 2.80. The zero-order valence-corrected chi connectivity index (χ0v) is 12.0. The van der Waals surface area contributed by atoms with Crippen LogP contribution in [0.15, 0.2) is 16.9 Å². The molecule has 1 heterocycles. The van der Waals surface area contributed by atoms with Gasteiger partial charge in [0.05, 0.1) is 9.40 Å². The van der Waals surface area contributed by atoms with E-state index in [0.29, 0.717) is 15.6 Å². The van der Waals surface area contributed by atoms with Crippen LogP contribution in [-0.2, 0) is 0 Å². The normalized spacial score (nSPS) is 21.8. The molecule has 1 aliphatic rings. The first-order chi connectivity index (χ1) is 8.39. The van der Waals surface area contributed by atoms with Gasteiger partial charge < -0.3 is 5.32 Å². The molecule has 0 bridgehead atoms. The van der Waals surface area contributed by atoms with Crippen molar-refractivity contribution in [2.45, 2.75) is 39.2 Å². The summed E-state index contributed by atoms with van der Waals surface area (Å²) in [5.41, 5.74) is 0.873. The minimum Gasteiger partial charge on any atom is -0.376 e. The average molecular weight is 314 g/mol. The molecular formula is C12H16BrN3O2. The van der Waals surface area contributed by atoms with Gasteiger partial charge in [-0.25, -0.2) is 0 Å². The summed E-state index contributed by atoms with van der Waals surface area (Å²) in [5.74, 6) is 0. The monoisotopic (exact) mass is 313 g/mol. The molecular weight excluding hydrogens is 298 g/mol. The molecule has 6 heteroatoms. The molecule has 0 saturated heterocycles. The maximum absolute atomic E-state index is 11.0. The molecule has 0 amide bonds. The maximum atomic E-state index is 11.0. The van der Waals surface area contributed by atoms with E-state index in [1.54, 1.807) is 6.20 Å². The van der Waals surface area contributed by atoms with Crippen LogP contribution in [0.3, 0.4) is 0 Å². The number of anilines is 1. The van der Waals surface area contributed by atoms with Gasteiger partial charge in [0.1, 0.15) is 11.9 Å². The Kier molecular flexibility index (Phi) is 3.56. The predicted octanol–water partition coefficient (Wildman–Crippen LogP) is 3.74. The number of halogens is 1. The summed E-state index contributed by atoms with van der Waals surface area (Å²) in [6, 6.07) is 0.289. The van der Waals surface area contributed by atoms with Crippen molar-refractivity contribution in [1.29, 1.82) is 0 Å². The lowest BCUT2D eigenvalue weighted by atomic mass is 9.92. The summed E-state index contributed by atoms with van der Waals surface area (Å²) in [6.45, 7) is 4.45. The van der Waals surface area contributed by atoms with E-state index in [1.807, 2.05) is 0 Å². The Hall–Kier alpha value is -1.17. The standard InChI is InChI=1S/C12H16BrN3O2/c1-12(2)4-3-8(5-12)15-11-9(13)6-14-7-10(11)16(17)18/h6-8H,3-5H2,1-2H3,(H,14,15). The maximum Gasteiger partial charge on any atom is 0.311 e. The number of hydrogen-bond acceptors (Lipinski definition) is 4. The van der Waals surface area contributed by atoms with Crippen LogP contribution >= 0.6 is 15.9 Å².